The zero-order valence-corrected chi connectivity index (χ0v) is 15.7. The van der Waals surface area contributed by atoms with Crippen LogP contribution in [0.3, 0.4) is 0 Å². The van der Waals surface area contributed by atoms with Gasteiger partial charge in [-0.15, -0.1) is 0 Å². The van der Waals surface area contributed by atoms with Crippen LogP contribution in [0, 0.1) is 0 Å². The van der Waals surface area contributed by atoms with Crippen molar-refractivity contribution in [1.82, 2.24) is 9.47 Å². The van der Waals surface area contributed by atoms with Crippen molar-refractivity contribution in [3.05, 3.63) is 78.0 Å². The Balaban J connectivity index is 1.56. The topological polar surface area (TPSA) is 17.4 Å². The molecule has 1 aliphatic carbocycles. The highest BCUT2D eigenvalue weighted by molar-refractivity contribution is 5.66. The van der Waals surface area contributed by atoms with Gasteiger partial charge in [-0.1, -0.05) is 48.5 Å². The fourth-order valence-electron chi connectivity index (χ4n) is 4.66. The maximum absolute atomic E-state index is 5.55. The standard InChI is InChI=1S/C24H26N2O/c1-3-7-19(8-4-1)24-18-20-17-22(25-13-15-27-16-14-25)11-12-23(20)26(24)21-9-5-2-6-10-21/h1-10,18,22H,11-17H2. The van der Waals surface area contributed by atoms with Crippen molar-refractivity contribution in [3.8, 4) is 16.9 Å². The molecule has 0 N–H and O–H groups in total. The minimum Gasteiger partial charge on any atom is -0.379 e. The van der Waals surface area contributed by atoms with Gasteiger partial charge in [0.2, 0.25) is 0 Å². The minimum atomic E-state index is 0.650. The number of benzene rings is 2. The van der Waals surface area contributed by atoms with Gasteiger partial charge in [-0.05, 0) is 48.6 Å². The molecule has 1 fully saturated rings. The van der Waals surface area contributed by atoms with Crippen LogP contribution in [0.4, 0.5) is 0 Å². The summed E-state index contributed by atoms with van der Waals surface area (Å²) in [5.74, 6) is 0. The number of rotatable bonds is 3. The smallest absolute Gasteiger partial charge is 0.0594 e. The van der Waals surface area contributed by atoms with Crippen LogP contribution in [0.5, 0.6) is 0 Å². The van der Waals surface area contributed by atoms with E-state index in [1.54, 1.807) is 0 Å². The molecule has 2 aliphatic rings. The molecular formula is C24H26N2O. The van der Waals surface area contributed by atoms with Gasteiger partial charge in [-0.25, -0.2) is 0 Å². The van der Waals surface area contributed by atoms with Crippen molar-refractivity contribution < 1.29 is 4.74 Å². The summed E-state index contributed by atoms with van der Waals surface area (Å²) in [6.07, 6.45) is 3.52. The highest BCUT2D eigenvalue weighted by Gasteiger charge is 2.29. The number of fused-ring (bicyclic) bond motifs is 1. The maximum Gasteiger partial charge on any atom is 0.0594 e. The Kier molecular flexibility index (Phi) is 4.56. The van der Waals surface area contributed by atoms with Crippen LogP contribution in [-0.4, -0.2) is 41.8 Å². The average molecular weight is 358 g/mol. The third-order valence-electron chi connectivity index (χ3n) is 6.01. The Hall–Kier alpha value is -2.36. The molecule has 3 aromatic rings. The van der Waals surface area contributed by atoms with Crippen LogP contribution >= 0.6 is 0 Å². The number of morpholine rings is 1. The first-order chi connectivity index (χ1) is 13.4. The molecule has 1 aromatic heterocycles. The third-order valence-corrected chi connectivity index (χ3v) is 6.01. The summed E-state index contributed by atoms with van der Waals surface area (Å²) >= 11 is 0. The van der Waals surface area contributed by atoms with Crippen LogP contribution in [0.2, 0.25) is 0 Å². The molecule has 5 rings (SSSR count). The van der Waals surface area contributed by atoms with E-state index >= 15 is 0 Å². The summed E-state index contributed by atoms with van der Waals surface area (Å²) in [5, 5.41) is 0. The first-order valence-electron chi connectivity index (χ1n) is 10.1. The molecule has 27 heavy (non-hydrogen) atoms. The van der Waals surface area contributed by atoms with E-state index in [0.29, 0.717) is 6.04 Å². The van der Waals surface area contributed by atoms with Crippen molar-refractivity contribution in [2.45, 2.75) is 25.3 Å². The number of hydrogen-bond donors (Lipinski definition) is 0. The van der Waals surface area contributed by atoms with E-state index in [1.165, 1.54) is 34.6 Å². The zero-order chi connectivity index (χ0) is 18.1. The quantitative estimate of drug-likeness (QED) is 0.693. The largest absolute Gasteiger partial charge is 0.379 e. The second-order valence-electron chi connectivity index (χ2n) is 7.58. The molecular weight excluding hydrogens is 332 g/mol. The molecule has 3 nitrogen and oxygen atoms in total. The van der Waals surface area contributed by atoms with Gasteiger partial charge in [0.05, 0.1) is 18.9 Å². The normalized spacial score (nSPS) is 20.4. The number of para-hydroxylation sites is 1. The second-order valence-corrected chi connectivity index (χ2v) is 7.58. The predicted octanol–water partition coefficient (Wildman–Crippen LogP) is 4.33. The van der Waals surface area contributed by atoms with Crippen molar-refractivity contribution >= 4 is 0 Å². The van der Waals surface area contributed by atoms with Gasteiger partial charge in [-0.3, -0.25) is 4.90 Å². The van der Waals surface area contributed by atoms with E-state index in [4.69, 9.17) is 4.74 Å². The van der Waals surface area contributed by atoms with E-state index in [0.717, 1.165) is 39.1 Å². The molecule has 2 aromatic carbocycles. The predicted molar refractivity (Wildman–Crippen MR) is 109 cm³/mol. The summed E-state index contributed by atoms with van der Waals surface area (Å²) < 4.78 is 8.04. The molecule has 0 radical (unpaired) electrons. The average Bonchev–Trinajstić information content (AvgIpc) is 3.14. The number of nitrogens with zero attached hydrogens (tertiary/aromatic N) is 2. The Morgan fingerprint density at radius 1 is 0.852 bits per heavy atom. The van der Waals surface area contributed by atoms with E-state index in [2.05, 4.69) is 76.2 Å². The van der Waals surface area contributed by atoms with E-state index in [9.17, 15) is 0 Å². The Bertz CT molecular complexity index is 895. The van der Waals surface area contributed by atoms with Crippen LogP contribution in [-0.2, 0) is 17.6 Å². The SMILES string of the molecule is c1ccc(-c2cc3c(n2-c2ccccc2)CCC(N2CCOCC2)C3)cc1. The number of hydrogen-bond acceptors (Lipinski definition) is 2. The van der Waals surface area contributed by atoms with E-state index in [-0.39, 0.29) is 0 Å². The highest BCUT2D eigenvalue weighted by Crippen LogP contribution is 2.35. The lowest BCUT2D eigenvalue weighted by atomic mass is 9.91. The summed E-state index contributed by atoms with van der Waals surface area (Å²) in [7, 11) is 0. The first kappa shape index (κ1) is 16.8. The van der Waals surface area contributed by atoms with Crippen molar-refractivity contribution in [1.29, 1.82) is 0 Å². The van der Waals surface area contributed by atoms with Gasteiger partial charge in [0.1, 0.15) is 0 Å². The number of aromatic nitrogens is 1. The van der Waals surface area contributed by atoms with Crippen LogP contribution in [0.15, 0.2) is 66.7 Å². The number of ether oxygens (including phenoxy) is 1. The van der Waals surface area contributed by atoms with Gasteiger partial charge in [0.25, 0.3) is 0 Å². The van der Waals surface area contributed by atoms with Crippen molar-refractivity contribution in [3.63, 3.8) is 0 Å². The molecule has 0 spiro atoms. The lowest BCUT2D eigenvalue weighted by molar-refractivity contribution is 0.0136. The van der Waals surface area contributed by atoms with Crippen molar-refractivity contribution in [2.75, 3.05) is 26.3 Å². The summed E-state index contributed by atoms with van der Waals surface area (Å²) in [4.78, 5) is 2.63. The van der Waals surface area contributed by atoms with Crippen molar-refractivity contribution in [2.24, 2.45) is 0 Å². The molecule has 2 heterocycles. The summed E-state index contributed by atoms with van der Waals surface area (Å²) in [5.41, 5.74) is 6.88. The van der Waals surface area contributed by atoms with E-state index < -0.39 is 0 Å². The monoisotopic (exact) mass is 358 g/mol. The fourth-order valence-corrected chi connectivity index (χ4v) is 4.66. The van der Waals surface area contributed by atoms with Crippen LogP contribution in [0.1, 0.15) is 17.7 Å². The molecule has 1 aliphatic heterocycles. The van der Waals surface area contributed by atoms with Gasteiger partial charge >= 0.3 is 0 Å². The molecule has 1 unspecified atom stereocenters. The van der Waals surface area contributed by atoms with E-state index in [1.807, 2.05) is 0 Å². The molecule has 1 saturated heterocycles. The summed E-state index contributed by atoms with van der Waals surface area (Å²) in [6, 6.07) is 24.7. The molecule has 0 bridgehead atoms. The molecule has 0 amide bonds. The third kappa shape index (κ3) is 3.22. The van der Waals surface area contributed by atoms with Gasteiger partial charge in [-0.2, -0.15) is 0 Å². The van der Waals surface area contributed by atoms with Gasteiger partial charge in [0.15, 0.2) is 0 Å². The molecule has 1 atom stereocenters. The molecule has 3 heteroatoms. The van der Waals surface area contributed by atoms with Gasteiger partial charge < -0.3 is 9.30 Å². The Morgan fingerprint density at radius 3 is 2.30 bits per heavy atom. The first-order valence-corrected chi connectivity index (χ1v) is 10.1. The minimum absolute atomic E-state index is 0.650. The highest BCUT2D eigenvalue weighted by atomic mass is 16.5. The Labute approximate surface area is 161 Å². The van der Waals surface area contributed by atoms with Gasteiger partial charge in [0, 0.05) is 30.5 Å². The molecule has 138 valence electrons. The second kappa shape index (κ2) is 7.34. The maximum atomic E-state index is 5.55. The lowest BCUT2D eigenvalue weighted by Crippen LogP contribution is -2.45. The van der Waals surface area contributed by atoms with Crippen LogP contribution < -0.4 is 0 Å². The lowest BCUT2D eigenvalue weighted by Gasteiger charge is -2.37. The van der Waals surface area contributed by atoms with Crippen LogP contribution in [0.25, 0.3) is 16.9 Å². The Morgan fingerprint density at radius 2 is 1.56 bits per heavy atom. The summed E-state index contributed by atoms with van der Waals surface area (Å²) in [6.45, 7) is 3.91. The fraction of sp³-hybridized carbons (Fsp3) is 0.333. The zero-order valence-electron chi connectivity index (χ0n) is 15.7. The molecule has 0 saturated carbocycles.